The highest BCUT2D eigenvalue weighted by molar-refractivity contribution is 5.67. The molecule has 1 unspecified atom stereocenters. The molecule has 1 N–H and O–H groups in total. The quantitative estimate of drug-likeness (QED) is 0.884. The van der Waals surface area contributed by atoms with Gasteiger partial charge in [-0.1, -0.05) is 0 Å². The summed E-state index contributed by atoms with van der Waals surface area (Å²) < 4.78 is 5.85. The maximum Gasteiger partial charge on any atom is 0.303 e. The summed E-state index contributed by atoms with van der Waals surface area (Å²) in [5, 5.41) is 9.14. The van der Waals surface area contributed by atoms with Crippen LogP contribution in [0.2, 0.25) is 0 Å². The zero-order valence-corrected chi connectivity index (χ0v) is 15.4. The van der Waals surface area contributed by atoms with Crippen LogP contribution in [0.15, 0.2) is 0 Å². The molecule has 4 fully saturated rings. The minimum absolute atomic E-state index is 0.0150. The van der Waals surface area contributed by atoms with Gasteiger partial charge < -0.3 is 19.6 Å². The standard InChI is InChI=1S/C19H26N4O3/c1-10-3-4-23(10)19-20-17-11(2)26-9-15(17)18(21-19)22-7-12-5-13(8-22)14(12)6-16(24)25/h10-14H,3-9H2,1-2H3,(H,24,25)/t10-,11-,12-,13+,14?/m0/s1. The molecule has 1 saturated carbocycles. The number of carboxylic acid groups (broad SMARTS) is 1. The normalized spacial score (nSPS) is 34.9. The number of aliphatic carboxylic acids is 1. The highest BCUT2D eigenvalue weighted by atomic mass is 16.5. The average molecular weight is 358 g/mol. The predicted molar refractivity (Wildman–Crippen MR) is 96.2 cm³/mol. The van der Waals surface area contributed by atoms with Gasteiger partial charge in [0.2, 0.25) is 5.95 Å². The van der Waals surface area contributed by atoms with Crippen molar-refractivity contribution in [2.24, 2.45) is 17.8 Å². The fourth-order valence-corrected chi connectivity index (χ4v) is 5.14. The molecular formula is C19H26N4O3. The number of carbonyl (C=O) groups is 1. The van der Waals surface area contributed by atoms with Crippen LogP contribution in [0.3, 0.4) is 0 Å². The fourth-order valence-electron chi connectivity index (χ4n) is 5.14. The van der Waals surface area contributed by atoms with E-state index in [1.54, 1.807) is 0 Å². The molecule has 6 rings (SSSR count). The molecule has 5 atom stereocenters. The summed E-state index contributed by atoms with van der Waals surface area (Å²) in [6.45, 7) is 7.67. The number of fused-ring (bicyclic) bond motifs is 3. The molecule has 140 valence electrons. The zero-order valence-electron chi connectivity index (χ0n) is 15.4. The molecule has 0 amide bonds. The van der Waals surface area contributed by atoms with Gasteiger partial charge in [-0.2, -0.15) is 4.98 Å². The molecule has 4 aliphatic heterocycles. The first-order valence-electron chi connectivity index (χ1n) is 9.77. The van der Waals surface area contributed by atoms with Crippen LogP contribution in [0.5, 0.6) is 0 Å². The summed E-state index contributed by atoms with van der Waals surface area (Å²) in [5.74, 6) is 2.47. The van der Waals surface area contributed by atoms with E-state index in [1.165, 1.54) is 6.42 Å². The number of piperidine rings is 2. The Morgan fingerprint density at radius 3 is 2.65 bits per heavy atom. The lowest BCUT2D eigenvalue weighted by molar-refractivity contribution is -0.141. The summed E-state index contributed by atoms with van der Waals surface area (Å²) in [6, 6.07) is 0.494. The van der Waals surface area contributed by atoms with Gasteiger partial charge in [-0.05, 0) is 44.4 Å². The van der Waals surface area contributed by atoms with E-state index in [0.29, 0.717) is 36.8 Å². The van der Waals surface area contributed by atoms with Crippen molar-refractivity contribution in [3.63, 3.8) is 0 Å². The summed E-state index contributed by atoms with van der Waals surface area (Å²) in [6.07, 6.45) is 2.67. The lowest BCUT2D eigenvalue weighted by Crippen LogP contribution is -2.56. The SMILES string of the molecule is C[C@@H]1OCc2c1nc(N1CC[C@@H]1C)nc2N1C[C@H]2C[C@@H](C1)C2CC(=O)O. The van der Waals surface area contributed by atoms with Crippen LogP contribution in [-0.2, 0) is 16.1 Å². The van der Waals surface area contributed by atoms with Crippen LogP contribution in [0.25, 0.3) is 0 Å². The third kappa shape index (κ3) is 2.40. The summed E-state index contributed by atoms with van der Waals surface area (Å²) in [5.41, 5.74) is 2.16. The number of rotatable bonds is 4. The first kappa shape index (κ1) is 16.3. The van der Waals surface area contributed by atoms with Crippen LogP contribution in [0.1, 0.15) is 50.5 Å². The van der Waals surface area contributed by atoms with Crippen molar-refractivity contribution in [2.75, 3.05) is 29.4 Å². The maximum atomic E-state index is 11.1. The Bertz CT molecular complexity index is 743. The van der Waals surface area contributed by atoms with Crippen molar-refractivity contribution in [3.8, 4) is 0 Å². The molecule has 0 radical (unpaired) electrons. The average Bonchev–Trinajstić information content (AvgIpc) is 2.99. The van der Waals surface area contributed by atoms with Gasteiger partial charge in [0.15, 0.2) is 0 Å². The third-order valence-corrected chi connectivity index (χ3v) is 6.88. The molecule has 1 aromatic heterocycles. The number of hydrogen-bond donors (Lipinski definition) is 1. The van der Waals surface area contributed by atoms with E-state index in [0.717, 1.165) is 49.1 Å². The highest BCUT2D eigenvalue weighted by Gasteiger charge is 2.48. The Labute approximate surface area is 153 Å². The van der Waals surface area contributed by atoms with E-state index in [1.807, 2.05) is 0 Å². The van der Waals surface area contributed by atoms with Gasteiger partial charge >= 0.3 is 5.97 Å². The Morgan fingerprint density at radius 1 is 1.27 bits per heavy atom. The van der Waals surface area contributed by atoms with Crippen molar-refractivity contribution in [1.29, 1.82) is 0 Å². The van der Waals surface area contributed by atoms with E-state index in [9.17, 15) is 4.79 Å². The van der Waals surface area contributed by atoms with Crippen molar-refractivity contribution in [3.05, 3.63) is 11.3 Å². The van der Waals surface area contributed by atoms with E-state index < -0.39 is 5.97 Å². The van der Waals surface area contributed by atoms with E-state index in [-0.39, 0.29) is 6.10 Å². The molecule has 3 saturated heterocycles. The number of hydrogen-bond acceptors (Lipinski definition) is 6. The second kappa shape index (κ2) is 5.81. The number of carboxylic acids is 1. The second-order valence-electron chi connectivity index (χ2n) is 8.42. The smallest absolute Gasteiger partial charge is 0.303 e. The topological polar surface area (TPSA) is 78.8 Å². The molecule has 7 heteroatoms. The van der Waals surface area contributed by atoms with Gasteiger partial charge in [0.25, 0.3) is 0 Å². The van der Waals surface area contributed by atoms with Gasteiger partial charge in [0, 0.05) is 37.7 Å². The number of anilines is 2. The van der Waals surface area contributed by atoms with Gasteiger partial charge in [-0.25, -0.2) is 4.98 Å². The second-order valence-corrected chi connectivity index (χ2v) is 8.42. The Balaban J connectivity index is 1.44. The van der Waals surface area contributed by atoms with Crippen LogP contribution >= 0.6 is 0 Å². The fraction of sp³-hybridized carbons (Fsp3) is 0.737. The van der Waals surface area contributed by atoms with E-state index in [2.05, 4.69) is 23.6 Å². The van der Waals surface area contributed by atoms with Crippen molar-refractivity contribution >= 4 is 17.7 Å². The molecule has 0 aromatic carbocycles. The van der Waals surface area contributed by atoms with Crippen LogP contribution < -0.4 is 9.80 Å². The molecular weight excluding hydrogens is 332 g/mol. The van der Waals surface area contributed by atoms with E-state index in [4.69, 9.17) is 19.8 Å². The van der Waals surface area contributed by atoms with E-state index >= 15 is 0 Å². The van der Waals surface area contributed by atoms with Gasteiger partial charge in [0.1, 0.15) is 5.82 Å². The Hall–Kier alpha value is -1.89. The molecule has 5 aliphatic rings. The van der Waals surface area contributed by atoms with Crippen molar-refractivity contribution in [1.82, 2.24) is 9.97 Å². The molecule has 26 heavy (non-hydrogen) atoms. The van der Waals surface area contributed by atoms with Crippen molar-refractivity contribution in [2.45, 2.75) is 51.9 Å². The number of ether oxygens (including phenoxy) is 1. The Kier molecular flexibility index (Phi) is 3.64. The lowest BCUT2D eigenvalue weighted by atomic mass is 9.60. The summed E-state index contributed by atoms with van der Waals surface area (Å²) in [4.78, 5) is 25.5. The zero-order chi connectivity index (χ0) is 18.0. The van der Waals surface area contributed by atoms with Gasteiger partial charge in [-0.3, -0.25) is 4.79 Å². The highest BCUT2D eigenvalue weighted by Crippen LogP contribution is 2.49. The minimum Gasteiger partial charge on any atom is -0.481 e. The largest absolute Gasteiger partial charge is 0.481 e. The lowest BCUT2D eigenvalue weighted by Gasteiger charge is -2.54. The molecule has 0 spiro atoms. The monoisotopic (exact) mass is 358 g/mol. The van der Waals surface area contributed by atoms with Crippen LogP contribution in [0.4, 0.5) is 11.8 Å². The third-order valence-electron chi connectivity index (χ3n) is 6.88. The maximum absolute atomic E-state index is 11.1. The Morgan fingerprint density at radius 2 is 2.04 bits per heavy atom. The number of aromatic nitrogens is 2. The van der Waals surface area contributed by atoms with Gasteiger partial charge in [0.05, 0.1) is 18.4 Å². The molecule has 5 heterocycles. The molecule has 2 bridgehead atoms. The minimum atomic E-state index is -0.669. The molecule has 1 aliphatic carbocycles. The molecule has 1 aromatic rings. The molecule has 7 nitrogen and oxygen atoms in total. The van der Waals surface area contributed by atoms with Crippen LogP contribution in [0, 0.1) is 17.8 Å². The summed E-state index contributed by atoms with van der Waals surface area (Å²) in [7, 11) is 0. The first-order chi connectivity index (χ1) is 12.5. The van der Waals surface area contributed by atoms with Gasteiger partial charge in [-0.15, -0.1) is 0 Å². The first-order valence-corrected chi connectivity index (χ1v) is 9.77. The van der Waals surface area contributed by atoms with Crippen molar-refractivity contribution < 1.29 is 14.6 Å². The summed E-state index contributed by atoms with van der Waals surface area (Å²) >= 11 is 0. The van der Waals surface area contributed by atoms with Crippen LogP contribution in [-0.4, -0.2) is 46.7 Å². The predicted octanol–water partition coefficient (Wildman–Crippen LogP) is 2.21. The number of nitrogens with zero attached hydrogens (tertiary/aromatic N) is 4.